The highest BCUT2D eigenvalue weighted by molar-refractivity contribution is 7.11. The fourth-order valence-corrected chi connectivity index (χ4v) is 4.13. The second kappa shape index (κ2) is 7.56. The van der Waals surface area contributed by atoms with E-state index in [0.29, 0.717) is 29.9 Å². The first-order valence-corrected chi connectivity index (χ1v) is 9.87. The number of allylic oxidation sites excluding steroid dienone is 1. The van der Waals surface area contributed by atoms with Gasteiger partial charge in [0.1, 0.15) is 29.1 Å². The number of ketones is 1. The summed E-state index contributed by atoms with van der Waals surface area (Å²) in [6.45, 7) is 1.97. The molecule has 0 bridgehead atoms. The first-order valence-electron chi connectivity index (χ1n) is 8.99. The van der Waals surface area contributed by atoms with Gasteiger partial charge in [0.05, 0.1) is 5.92 Å². The second-order valence-electron chi connectivity index (χ2n) is 6.86. The van der Waals surface area contributed by atoms with Gasteiger partial charge in [0.2, 0.25) is 11.5 Å². The second-order valence-corrected chi connectivity index (χ2v) is 7.81. The maximum Gasteiger partial charge on any atom is 0.348 e. The number of ether oxygens (including phenoxy) is 3. The molecule has 1 aromatic heterocycles. The van der Waals surface area contributed by atoms with Crippen LogP contribution in [-0.2, 0) is 14.3 Å². The molecule has 2 aliphatic rings. The quantitative estimate of drug-likeness (QED) is 0.737. The summed E-state index contributed by atoms with van der Waals surface area (Å²) in [7, 11) is 0. The molecular formula is C21H20O5S. The Morgan fingerprint density at radius 3 is 2.89 bits per heavy atom. The van der Waals surface area contributed by atoms with Gasteiger partial charge in [0.25, 0.3) is 0 Å². The molecule has 3 atom stereocenters. The molecule has 0 radical (unpaired) electrons. The summed E-state index contributed by atoms with van der Waals surface area (Å²) in [5, 5.41) is 1.84. The van der Waals surface area contributed by atoms with Crippen LogP contribution in [0.3, 0.4) is 0 Å². The van der Waals surface area contributed by atoms with Gasteiger partial charge in [-0.05, 0) is 48.9 Å². The van der Waals surface area contributed by atoms with E-state index in [9.17, 15) is 9.59 Å². The van der Waals surface area contributed by atoms with Gasteiger partial charge < -0.3 is 14.2 Å². The fraction of sp³-hybridized carbons (Fsp3) is 0.333. The first kappa shape index (κ1) is 17.8. The molecule has 1 saturated carbocycles. The van der Waals surface area contributed by atoms with Crippen LogP contribution in [-0.4, -0.2) is 24.0 Å². The predicted molar refractivity (Wildman–Crippen MR) is 101 cm³/mol. The van der Waals surface area contributed by atoms with Gasteiger partial charge in [-0.15, -0.1) is 11.3 Å². The van der Waals surface area contributed by atoms with E-state index in [1.807, 2.05) is 42.6 Å². The normalized spacial score (nSPS) is 24.4. The molecule has 140 valence electrons. The number of esters is 1. The molecule has 0 saturated heterocycles. The molecule has 1 fully saturated rings. The van der Waals surface area contributed by atoms with E-state index in [1.54, 1.807) is 6.07 Å². The van der Waals surface area contributed by atoms with Gasteiger partial charge >= 0.3 is 5.97 Å². The third kappa shape index (κ3) is 3.90. The van der Waals surface area contributed by atoms with Crippen molar-refractivity contribution in [2.75, 3.05) is 0 Å². The van der Waals surface area contributed by atoms with E-state index >= 15 is 0 Å². The Labute approximate surface area is 161 Å². The Hall–Kier alpha value is -2.60. The topological polar surface area (TPSA) is 61.8 Å². The van der Waals surface area contributed by atoms with Crippen molar-refractivity contribution in [3.8, 4) is 5.75 Å². The number of carbonyl (C=O) groups is 2. The smallest absolute Gasteiger partial charge is 0.348 e. The van der Waals surface area contributed by atoms with E-state index in [1.165, 1.54) is 17.6 Å². The van der Waals surface area contributed by atoms with Gasteiger partial charge in [-0.2, -0.15) is 0 Å². The van der Waals surface area contributed by atoms with E-state index in [-0.39, 0.29) is 35.6 Å². The van der Waals surface area contributed by atoms with Crippen molar-refractivity contribution in [1.29, 1.82) is 0 Å². The van der Waals surface area contributed by atoms with Crippen molar-refractivity contribution < 1.29 is 23.8 Å². The van der Waals surface area contributed by atoms with Crippen LogP contribution in [0.2, 0.25) is 0 Å². The zero-order valence-corrected chi connectivity index (χ0v) is 15.7. The number of hydrogen-bond acceptors (Lipinski definition) is 6. The average Bonchev–Trinajstić information content (AvgIpc) is 3.19. The number of thiophene rings is 1. The van der Waals surface area contributed by atoms with Crippen LogP contribution in [0.4, 0.5) is 0 Å². The van der Waals surface area contributed by atoms with Crippen LogP contribution in [0, 0.1) is 12.8 Å². The number of benzene rings is 1. The predicted octanol–water partition coefficient (Wildman–Crippen LogP) is 4.27. The lowest BCUT2D eigenvalue weighted by Crippen LogP contribution is -2.43. The molecule has 2 heterocycles. The summed E-state index contributed by atoms with van der Waals surface area (Å²) in [5.74, 6) is 0.239. The van der Waals surface area contributed by atoms with Crippen LogP contribution < -0.4 is 4.74 Å². The number of hydrogen-bond donors (Lipinski definition) is 0. The summed E-state index contributed by atoms with van der Waals surface area (Å²) in [6, 6.07) is 11.1. The minimum Gasteiger partial charge on any atom is -0.493 e. The van der Waals surface area contributed by atoms with E-state index in [2.05, 4.69) is 0 Å². The minimum absolute atomic E-state index is 0.0456. The molecule has 1 aliphatic heterocycles. The van der Waals surface area contributed by atoms with Crippen LogP contribution in [0.1, 0.15) is 34.5 Å². The molecule has 1 aromatic carbocycles. The minimum atomic E-state index is -0.311. The molecule has 0 N–H and O–H groups in total. The lowest BCUT2D eigenvalue weighted by Gasteiger charge is -2.36. The SMILES string of the molecule is Cc1cccc(OC2=COC3CC(OC(=O)c4cccs4)CCC3C2=O)c1. The third-order valence-electron chi connectivity index (χ3n) is 4.89. The van der Waals surface area contributed by atoms with E-state index in [0.717, 1.165) is 5.56 Å². The van der Waals surface area contributed by atoms with Gasteiger partial charge in [-0.3, -0.25) is 4.79 Å². The van der Waals surface area contributed by atoms with E-state index < -0.39 is 0 Å². The maximum absolute atomic E-state index is 12.8. The molecule has 4 rings (SSSR count). The van der Waals surface area contributed by atoms with Crippen molar-refractivity contribution in [3.05, 3.63) is 64.2 Å². The highest BCUT2D eigenvalue weighted by atomic mass is 32.1. The molecule has 27 heavy (non-hydrogen) atoms. The van der Waals surface area contributed by atoms with Gasteiger partial charge in [-0.1, -0.05) is 18.2 Å². The van der Waals surface area contributed by atoms with Gasteiger partial charge in [0.15, 0.2) is 0 Å². The number of rotatable bonds is 4. The molecule has 3 unspecified atom stereocenters. The summed E-state index contributed by atoms with van der Waals surface area (Å²) >= 11 is 1.36. The summed E-state index contributed by atoms with van der Waals surface area (Å²) in [6.07, 6.45) is 2.65. The lowest BCUT2D eigenvalue weighted by atomic mass is 9.80. The number of fused-ring (bicyclic) bond motifs is 1. The standard InChI is InChI=1S/C21H20O5S/c1-13-4-2-5-14(10-13)25-18-12-24-17-11-15(7-8-16(17)20(18)22)26-21(23)19-6-3-9-27-19/h2-6,9-10,12,15-17H,7-8,11H2,1H3. The van der Waals surface area contributed by atoms with Crippen LogP contribution in [0.25, 0.3) is 0 Å². The zero-order chi connectivity index (χ0) is 18.8. The van der Waals surface area contributed by atoms with Crippen molar-refractivity contribution in [2.45, 2.75) is 38.4 Å². The first-order chi connectivity index (χ1) is 13.1. The van der Waals surface area contributed by atoms with E-state index in [4.69, 9.17) is 14.2 Å². The highest BCUT2D eigenvalue weighted by Crippen LogP contribution is 2.35. The van der Waals surface area contributed by atoms with Gasteiger partial charge in [-0.25, -0.2) is 4.79 Å². The highest BCUT2D eigenvalue weighted by Gasteiger charge is 2.42. The molecule has 5 nitrogen and oxygen atoms in total. The number of carbonyl (C=O) groups excluding carboxylic acids is 2. The van der Waals surface area contributed by atoms with Crippen molar-refractivity contribution in [2.24, 2.45) is 5.92 Å². The fourth-order valence-electron chi connectivity index (χ4n) is 3.52. The van der Waals surface area contributed by atoms with Gasteiger partial charge in [0, 0.05) is 6.42 Å². The van der Waals surface area contributed by atoms with Crippen molar-refractivity contribution in [1.82, 2.24) is 0 Å². The maximum atomic E-state index is 12.8. The molecule has 6 heteroatoms. The van der Waals surface area contributed by atoms with Crippen LogP contribution in [0.15, 0.2) is 53.8 Å². The Balaban J connectivity index is 1.39. The van der Waals surface area contributed by atoms with Crippen molar-refractivity contribution >= 4 is 23.1 Å². The van der Waals surface area contributed by atoms with Crippen LogP contribution in [0.5, 0.6) is 5.75 Å². The number of aryl methyl sites for hydroxylation is 1. The van der Waals surface area contributed by atoms with Crippen molar-refractivity contribution in [3.63, 3.8) is 0 Å². The third-order valence-corrected chi connectivity index (χ3v) is 5.74. The molecule has 1 aliphatic carbocycles. The molecule has 0 amide bonds. The Morgan fingerprint density at radius 2 is 2.11 bits per heavy atom. The Bertz CT molecular complexity index is 870. The molecule has 0 spiro atoms. The zero-order valence-electron chi connectivity index (χ0n) is 14.9. The Kier molecular flexibility index (Phi) is 4.99. The lowest BCUT2D eigenvalue weighted by molar-refractivity contribution is -0.132. The average molecular weight is 384 g/mol. The largest absolute Gasteiger partial charge is 0.493 e. The summed E-state index contributed by atoms with van der Waals surface area (Å²) in [5.41, 5.74) is 1.06. The molecule has 2 aromatic rings. The summed E-state index contributed by atoms with van der Waals surface area (Å²) < 4.78 is 17.1. The van der Waals surface area contributed by atoms with Crippen LogP contribution >= 0.6 is 11.3 Å². The number of Topliss-reactive ketones (excluding diaryl/α,β-unsaturated/α-hetero) is 1. The monoisotopic (exact) mass is 384 g/mol. The summed E-state index contributed by atoms with van der Waals surface area (Å²) in [4.78, 5) is 25.5. The molecular weight excluding hydrogens is 364 g/mol. The Morgan fingerprint density at radius 1 is 1.22 bits per heavy atom.